The van der Waals surface area contributed by atoms with Gasteiger partial charge in [0, 0.05) is 11.8 Å². The van der Waals surface area contributed by atoms with E-state index in [1.807, 2.05) is 17.8 Å². The van der Waals surface area contributed by atoms with Gasteiger partial charge in [-0.2, -0.15) is 13.5 Å². The van der Waals surface area contributed by atoms with Crippen LogP contribution in [0.2, 0.25) is 0 Å². The van der Waals surface area contributed by atoms with Crippen LogP contribution in [0.5, 0.6) is 0 Å². The van der Waals surface area contributed by atoms with Crippen molar-refractivity contribution in [3.63, 3.8) is 0 Å². The highest BCUT2D eigenvalue weighted by Gasteiger charge is 2.21. The molecule has 0 spiro atoms. The highest BCUT2D eigenvalue weighted by atomic mass is 32.2. The molecule has 0 aliphatic heterocycles. The fourth-order valence-electron chi connectivity index (χ4n) is 1.67. The molecule has 1 heterocycles. The topological polar surface area (TPSA) is 61.2 Å². The Morgan fingerprint density at radius 1 is 1.56 bits per heavy atom. The van der Waals surface area contributed by atoms with Crippen LogP contribution in [0, 0.1) is 6.92 Å². The van der Waals surface area contributed by atoms with Gasteiger partial charge in [0.2, 0.25) is 0 Å². The molecule has 1 aromatic heterocycles. The second-order valence-electron chi connectivity index (χ2n) is 4.27. The number of hydrogen-bond donors (Lipinski definition) is 0. The largest absolute Gasteiger partial charge is 0.269 e. The number of nitrogens with zero attached hydrogens (tertiary/aromatic N) is 2. The maximum absolute atomic E-state index is 10.9. The third-order valence-corrected chi connectivity index (χ3v) is 3.44. The molecule has 1 fully saturated rings. The molecule has 1 aliphatic rings. The third kappa shape index (κ3) is 2.62. The minimum atomic E-state index is -3.38. The zero-order valence-electron chi connectivity index (χ0n) is 9.51. The lowest BCUT2D eigenvalue weighted by molar-refractivity contribution is 0.286. The van der Waals surface area contributed by atoms with Crippen molar-refractivity contribution in [1.29, 1.82) is 0 Å². The second kappa shape index (κ2) is 4.18. The summed E-state index contributed by atoms with van der Waals surface area (Å²) in [6.07, 6.45) is 6.52. The molecule has 0 radical (unpaired) electrons. The maximum Gasteiger partial charge on any atom is 0.264 e. The molecule has 0 unspecified atom stereocenters. The Labute approximate surface area is 95.5 Å². The van der Waals surface area contributed by atoms with E-state index in [4.69, 9.17) is 4.18 Å². The zero-order valence-corrected chi connectivity index (χ0v) is 10.3. The van der Waals surface area contributed by atoms with E-state index in [9.17, 15) is 8.42 Å². The average Bonchev–Trinajstić information content (AvgIpc) is 2.39. The van der Waals surface area contributed by atoms with Gasteiger partial charge < -0.3 is 0 Å². The fraction of sp³-hybridized carbons (Fsp3) is 0.700. The molecule has 5 nitrogen and oxygen atoms in total. The van der Waals surface area contributed by atoms with E-state index in [0.717, 1.165) is 30.4 Å². The molecule has 1 aromatic rings. The van der Waals surface area contributed by atoms with Crippen LogP contribution in [0.15, 0.2) is 6.20 Å². The molecule has 16 heavy (non-hydrogen) atoms. The van der Waals surface area contributed by atoms with Crippen LogP contribution >= 0.6 is 0 Å². The van der Waals surface area contributed by atoms with Gasteiger partial charge in [0.15, 0.2) is 0 Å². The van der Waals surface area contributed by atoms with E-state index in [2.05, 4.69) is 5.10 Å². The van der Waals surface area contributed by atoms with Gasteiger partial charge in [-0.1, -0.05) is 0 Å². The van der Waals surface area contributed by atoms with Crippen molar-refractivity contribution in [2.45, 2.75) is 38.8 Å². The summed E-state index contributed by atoms with van der Waals surface area (Å²) in [5, 5.41) is 4.38. The lowest BCUT2D eigenvalue weighted by Crippen LogP contribution is -2.17. The van der Waals surface area contributed by atoms with E-state index in [1.165, 1.54) is 6.42 Å². The van der Waals surface area contributed by atoms with E-state index in [0.29, 0.717) is 6.04 Å². The highest BCUT2D eigenvalue weighted by Crippen LogP contribution is 2.31. The highest BCUT2D eigenvalue weighted by molar-refractivity contribution is 7.85. The second-order valence-corrected chi connectivity index (χ2v) is 5.91. The van der Waals surface area contributed by atoms with E-state index < -0.39 is 10.1 Å². The normalized spacial score (nSPS) is 17.4. The smallest absolute Gasteiger partial charge is 0.264 e. The average molecular weight is 244 g/mol. The van der Waals surface area contributed by atoms with E-state index in [1.54, 1.807) is 0 Å². The quantitative estimate of drug-likeness (QED) is 0.751. The van der Waals surface area contributed by atoms with Crippen LogP contribution in [-0.4, -0.2) is 24.5 Å². The predicted molar refractivity (Wildman–Crippen MR) is 59.5 cm³/mol. The van der Waals surface area contributed by atoms with Gasteiger partial charge in [0.1, 0.15) is 0 Å². The summed E-state index contributed by atoms with van der Waals surface area (Å²) < 4.78 is 28.4. The molecule has 1 aliphatic carbocycles. The summed E-state index contributed by atoms with van der Waals surface area (Å²) in [7, 11) is -3.38. The minimum absolute atomic E-state index is 0.0807. The molecule has 6 heteroatoms. The minimum Gasteiger partial charge on any atom is -0.269 e. The van der Waals surface area contributed by atoms with Crippen molar-refractivity contribution < 1.29 is 12.6 Å². The summed E-state index contributed by atoms with van der Waals surface area (Å²) in [5.41, 5.74) is 1.69. The number of hydrogen-bond acceptors (Lipinski definition) is 4. The maximum atomic E-state index is 10.9. The van der Waals surface area contributed by atoms with Crippen molar-refractivity contribution in [3.8, 4) is 0 Å². The Hall–Kier alpha value is -0.880. The lowest BCUT2D eigenvalue weighted by Gasteiger charge is -2.25. The first-order chi connectivity index (χ1) is 7.46. The van der Waals surface area contributed by atoms with Crippen molar-refractivity contribution in [2.24, 2.45) is 0 Å². The first-order valence-corrected chi connectivity index (χ1v) is 7.16. The number of rotatable bonds is 4. The first kappa shape index (κ1) is 11.6. The molecule has 0 bridgehead atoms. The fourth-order valence-corrected chi connectivity index (χ4v) is 2.01. The van der Waals surface area contributed by atoms with Crippen molar-refractivity contribution in [1.82, 2.24) is 9.78 Å². The van der Waals surface area contributed by atoms with Gasteiger partial charge in [-0.3, -0.25) is 8.86 Å². The van der Waals surface area contributed by atoms with Gasteiger partial charge in [0.05, 0.1) is 24.6 Å². The van der Waals surface area contributed by atoms with Gasteiger partial charge in [-0.05, 0) is 26.2 Å². The molecule has 90 valence electrons. The first-order valence-electron chi connectivity index (χ1n) is 5.35. The van der Waals surface area contributed by atoms with Crippen molar-refractivity contribution >= 4 is 10.1 Å². The Bertz CT molecular complexity index is 474. The summed E-state index contributed by atoms with van der Waals surface area (Å²) in [6.45, 7) is 1.95. The van der Waals surface area contributed by atoms with Crippen LogP contribution in [0.3, 0.4) is 0 Å². The Morgan fingerprint density at radius 2 is 2.25 bits per heavy atom. The molecule has 0 atom stereocenters. The standard InChI is InChI=1S/C10H16N2O3S/c1-8-9(7-15-16(2,13)14)6-12(11-8)10-4-3-5-10/h6,10H,3-5,7H2,1-2H3. The molecule has 0 aromatic carbocycles. The number of aromatic nitrogens is 2. The van der Waals surface area contributed by atoms with E-state index in [-0.39, 0.29) is 6.61 Å². The van der Waals surface area contributed by atoms with Gasteiger partial charge in [-0.25, -0.2) is 0 Å². The monoisotopic (exact) mass is 244 g/mol. The summed E-state index contributed by atoms with van der Waals surface area (Å²) in [6, 6.07) is 0.491. The Morgan fingerprint density at radius 3 is 2.75 bits per heavy atom. The summed E-state index contributed by atoms with van der Waals surface area (Å²) in [5.74, 6) is 0. The van der Waals surface area contributed by atoms with Gasteiger partial charge in [0.25, 0.3) is 10.1 Å². The molecule has 0 amide bonds. The summed E-state index contributed by atoms with van der Waals surface area (Å²) >= 11 is 0. The number of aryl methyl sites for hydroxylation is 1. The predicted octanol–water partition coefficient (Wildman–Crippen LogP) is 1.39. The van der Waals surface area contributed by atoms with Crippen molar-refractivity contribution in [2.75, 3.05) is 6.26 Å². The molecule has 2 rings (SSSR count). The van der Waals surface area contributed by atoms with Crippen LogP contribution in [-0.2, 0) is 20.9 Å². The molecular formula is C10H16N2O3S. The molecule has 0 saturated heterocycles. The van der Waals surface area contributed by atoms with Crippen LogP contribution in [0.4, 0.5) is 0 Å². The molecular weight excluding hydrogens is 228 g/mol. The van der Waals surface area contributed by atoms with Gasteiger partial charge >= 0.3 is 0 Å². The van der Waals surface area contributed by atoms with Crippen LogP contribution in [0.25, 0.3) is 0 Å². The van der Waals surface area contributed by atoms with Crippen LogP contribution in [0.1, 0.15) is 36.6 Å². The SMILES string of the molecule is Cc1nn(C2CCC2)cc1COS(C)(=O)=O. The Kier molecular flexibility index (Phi) is 3.03. The molecule has 1 saturated carbocycles. The third-order valence-electron chi connectivity index (χ3n) is 2.90. The van der Waals surface area contributed by atoms with Crippen LogP contribution < -0.4 is 0 Å². The van der Waals surface area contributed by atoms with Gasteiger partial charge in [-0.15, -0.1) is 0 Å². The Balaban J connectivity index is 2.06. The zero-order chi connectivity index (χ0) is 11.8. The van der Waals surface area contributed by atoms with Crippen molar-refractivity contribution in [3.05, 3.63) is 17.5 Å². The summed E-state index contributed by atoms with van der Waals surface area (Å²) in [4.78, 5) is 0. The molecule has 0 N–H and O–H groups in total. The van der Waals surface area contributed by atoms with E-state index >= 15 is 0 Å². The lowest BCUT2D eigenvalue weighted by atomic mass is 9.93.